The van der Waals surface area contributed by atoms with Gasteiger partial charge < -0.3 is 19.0 Å². The van der Waals surface area contributed by atoms with Gasteiger partial charge in [-0.05, 0) is 85.1 Å². The number of carbonyl (C=O) groups is 3. The zero-order chi connectivity index (χ0) is 37.5. The van der Waals surface area contributed by atoms with Gasteiger partial charge >= 0.3 is 5.97 Å². The number of hydrogen-bond donors (Lipinski definition) is 1. The maximum Gasteiger partial charge on any atom is 0.308 e. The summed E-state index contributed by atoms with van der Waals surface area (Å²) in [4.78, 5) is 40.3. The van der Waals surface area contributed by atoms with Crippen molar-refractivity contribution in [3.63, 3.8) is 0 Å². The molecule has 4 aromatic rings. The normalized spacial score (nSPS) is 12.7. The molecule has 0 bridgehead atoms. The number of methoxy groups -OCH3 is 1. The molecule has 3 aromatic carbocycles. The zero-order valence-electron chi connectivity index (χ0n) is 30.7. The van der Waals surface area contributed by atoms with Crippen LogP contribution in [0.4, 0.5) is 8.78 Å². The van der Waals surface area contributed by atoms with Crippen molar-refractivity contribution < 1.29 is 32.3 Å². The first-order valence-electron chi connectivity index (χ1n) is 17.1. The summed E-state index contributed by atoms with van der Waals surface area (Å²) in [5.74, 6) is -1.89. The predicted molar refractivity (Wildman–Crippen MR) is 201 cm³/mol. The average molecular weight is 715 g/mol. The number of ketones is 1. The molecule has 1 amide bonds. The van der Waals surface area contributed by atoms with Crippen molar-refractivity contribution in [1.82, 2.24) is 9.88 Å². The lowest BCUT2D eigenvalue weighted by atomic mass is 9.94. The van der Waals surface area contributed by atoms with Gasteiger partial charge in [0.25, 0.3) is 5.91 Å². The molecular formula is C41H48F2N2O5Si. The van der Waals surface area contributed by atoms with Crippen molar-refractivity contribution in [3.8, 4) is 22.3 Å². The lowest BCUT2D eigenvalue weighted by Gasteiger charge is -2.39. The standard InChI is InChI=1S/C41H48F2N2O5Si/c1-27(2)45-35(23-22-33(46)24-34(25-36(47)49-6)50-51(7,8)41(3,4)5)37(30-16-20-32(43)21-17-30)38(29-12-10-9-11-13-29)39(45)40(48)44-26-28-14-18-31(42)19-15-28/h9-23,27,34H,24-26H2,1-8H3,(H,44,48)/t34-/m1/s1. The third-order valence-electron chi connectivity index (χ3n) is 9.28. The van der Waals surface area contributed by atoms with Crippen LogP contribution in [0.3, 0.4) is 0 Å². The first-order valence-corrected chi connectivity index (χ1v) is 20.0. The molecule has 0 saturated carbocycles. The number of carbonyl (C=O) groups excluding carboxylic acids is 3. The minimum absolute atomic E-state index is 0.0526. The molecule has 0 radical (unpaired) electrons. The summed E-state index contributed by atoms with van der Waals surface area (Å²) in [6.45, 7) is 14.4. The molecular weight excluding hydrogens is 667 g/mol. The van der Waals surface area contributed by atoms with E-state index >= 15 is 0 Å². The smallest absolute Gasteiger partial charge is 0.308 e. The first kappa shape index (κ1) is 39.1. The largest absolute Gasteiger partial charge is 0.469 e. The van der Waals surface area contributed by atoms with Gasteiger partial charge in [0.15, 0.2) is 14.1 Å². The Hall–Kier alpha value is -4.67. The van der Waals surface area contributed by atoms with Crippen LogP contribution >= 0.6 is 0 Å². The van der Waals surface area contributed by atoms with Crippen molar-refractivity contribution in [3.05, 3.63) is 114 Å². The number of halogens is 2. The van der Waals surface area contributed by atoms with E-state index in [4.69, 9.17) is 9.16 Å². The molecule has 1 aromatic heterocycles. The summed E-state index contributed by atoms with van der Waals surface area (Å²) in [5, 5.41) is 2.85. The highest BCUT2D eigenvalue weighted by Gasteiger charge is 2.40. The van der Waals surface area contributed by atoms with E-state index in [-0.39, 0.29) is 48.0 Å². The van der Waals surface area contributed by atoms with E-state index in [1.54, 1.807) is 30.3 Å². The molecule has 0 aliphatic rings. The molecule has 0 saturated heterocycles. The molecule has 1 heterocycles. The summed E-state index contributed by atoms with van der Waals surface area (Å²) in [7, 11) is -1.05. The Morgan fingerprint density at radius 1 is 0.843 bits per heavy atom. The minimum atomic E-state index is -2.35. The van der Waals surface area contributed by atoms with E-state index in [0.717, 1.165) is 11.1 Å². The lowest BCUT2D eigenvalue weighted by Crippen LogP contribution is -2.44. The molecule has 10 heteroatoms. The number of nitrogens with one attached hydrogen (secondary N) is 1. The maximum atomic E-state index is 14.3. The van der Waals surface area contributed by atoms with Crippen molar-refractivity contribution in [1.29, 1.82) is 0 Å². The second-order valence-electron chi connectivity index (χ2n) is 14.4. The number of nitrogens with zero attached hydrogens (tertiary/aromatic N) is 1. The second kappa shape index (κ2) is 16.6. The molecule has 1 atom stereocenters. The van der Waals surface area contributed by atoms with Crippen LogP contribution in [0.5, 0.6) is 0 Å². The van der Waals surface area contributed by atoms with E-state index in [0.29, 0.717) is 28.1 Å². The van der Waals surface area contributed by atoms with Crippen LogP contribution in [0.15, 0.2) is 84.9 Å². The maximum absolute atomic E-state index is 14.3. The zero-order valence-corrected chi connectivity index (χ0v) is 31.7. The monoisotopic (exact) mass is 714 g/mol. The van der Waals surface area contributed by atoms with Crippen molar-refractivity contribution >= 4 is 32.1 Å². The lowest BCUT2D eigenvalue weighted by molar-refractivity contribution is -0.142. The molecule has 270 valence electrons. The van der Waals surface area contributed by atoms with Crippen LogP contribution in [0.1, 0.15) is 75.2 Å². The summed E-state index contributed by atoms with van der Waals surface area (Å²) in [6.07, 6.45) is 2.34. The van der Waals surface area contributed by atoms with E-state index in [1.165, 1.54) is 37.5 Å². The number of hydrogen-bond acceptors (Lipinski definition) is 5. The van der Waals surface area contributed by atoms with Gasteiger partial charge in [-0.2, -0.15) is 0 Å². The van der Waals surface area contributed by atoms with Gasteiger partial charge in [-0.15, -0.1) is 0 Å². The van der Waals surface area contributed by atoms with Crippen molar-refractivity contribution in [2.75, 3.05) is 7.11 Å². The number of allylic oxidation sites excluding steroid dienone is 1. The molecule has 0 unspecified atom stereocenters. The fraction of sp³-hybridized carbons (Fsp3) is 0.341. The molecule has 0 aliphatic heterocycles. The number of ether oxygens (including phenoxy) is 1. The Balaban J connectivity index is 1.86. The van der Waals surface area contributed by atoms with Crippen LogP contribution in [-0.4, -0.2) is 43.8 Å². The number of esters is 1. The van der Waals surface area contributed by atoms with Gasteiger partial charge in [0.2, 0.25) is 0 Å². The predicted octanol–water partition coefficient (Wildman–Crippen LogP) is 9.54. The Morgan fingerprint density at radius 3 is 1.96 bits per heavy atom. The Bertz CT molecular complexity index is 1860. The van der Waals surface area contributed by atoms with E-state index in [1.807, 2.05) is 48.7 Å². The Morgan fingerprint density at radius 2 is 1.41 bits per heavy atom. The van der Waals surface area contributed by atoms with Gasteiger partial charge in [0, 0.05) is 30.1 Å². The van der Waals surface area contributed by atoms with Gasteiger partial charge in [-0.25, -0.2) is 8.78 Å². The molecule has 7 nitrogen and oxygen atoms in total. The third kappa shape index (κ3) is 9.77. The molecule has 4 rings (SSSR count). The third-order valence-corrected chi connectivity index (χ3v) is 13.8. The first-order chi connectivity index (χ1) is 24.0. The average Bonchev–Trinajstić information content (AvgIpc) is 3.42. The van der Waals surface area contributed by atoms with Crippen LogP contribution in [-0.2, 0) is 25.3 Å². The van der Waals surface area contributed by atoms with E-state index in [2.05, 4.69) is 39.2 Å². The SMILES string of the molecule is COC(=O)C[C@@H](CC(=O)C=Cc1c(-c2ccc(F)cc2)c(-c2ccccc2)c(C(=O)NCc2ccc(F)cc2)n1C(C)C)O[Si](C)(C)C(C)(C)C. The summed E-state index contributed by atoms with van der Waals surface area (Å²) in [5.41, 5.74) is 4.32. The summed E-state index contributed by atoms with van der Waals surface area (Å²) < 4.78 is 41.1. The highest BCUT2D eigenvalue weighted by Crippen LogP contribution is 2.43. The van der Waals surface area contributed by atoms with Gasteiger partial charge in [-0.3, -0.25) is 14.4 Å². The Kier molecular flexibility index (Phi) is 12.7. The molecule has 0 fully saturated rings. The van der Waals surface area contributed by atoms with Gasteiger partial charge in [0.1, 0.15) is 17.3 Å². The van der Waals surface area contributed by atoms with Crippen LogP contribution in [0.25, 0.3) is 28.3 Å². The van der Waals surface area contributed by atoms with Crippen LogP contribution in [0.2, 0.25) is 18.1 Å². The number of rotatable bonds is 14. The van der Waals surface area contributed by atoms with Crippen molar-refractivity contribution in [2.24, 2.45) is 0 Å². The van der Waals surface area contributed by atoms with Gasteiger partial charge in [0.05, 0.1) is 25.3 Å². The highest BCUT2D eigenvalue weighted by molar-refractivity contribution is 6.74. The fourth-order valence-corrected chi connectivity index (χ4v) is 7.03. The fourth-order valence-electron chi connectivity index (χ4n) is 5.68. The number of benzene rings is 3. The van der Waals surface area contributed by atoms with Crippen LogP contribution < -0.4 is 5.32 Å². The summed E-state index contributed by atoms with van der Waals surface area (Å²) in [6, 6.07) is 21.1. The van der Waals surface area contributed by atoms with E-state index in [9.17, 15) is 23.2 Å². The molecule has 0 spiro atoms. The second-order valence-corrected chi connectivity index (χ2v) is 19.2. The summed E-state index contributed by atoms with van der Waals surface area (Å²) >= 11 is 0. The number of aromatic nitrogens is 1. The Labute approximate surface area is 300 Å². The molecule has 51 heavy (non-hydrogen) atoms. The minimum Gasteiger partial charge on any atom is -0.469 e. The van der Waals surface area contributed by atoms with Crippen molar-refractivity contribution in [2.45, 2.75) is 84.3 Å². The van der Waals surface area contributed by atoms with Gasteiger partial charge in [-0.1, -0.05) is 75.4 Å². The molecule has 0 aliphatic carbocycles. The topological polar surface area (TPSA) is 86.6 Å². The van der Waals surface area contributed by atoms with E-state index < -0.39 is 26.2 Å². The van der Waals surface area contributed by atoms with Crippen LogP contribution in [0, 0.1) is 11.6 Å². The quantitative estimate of drug-likeness (QED) is 0.0799. The number of amides is 1. The highest BCUT2D eigenvalue weighted by atomic mass is 28.4. The molecule has 1 N–H and O–H groups in total.